The SMILES string of the molecule is CCC(CC)CN(CC)C(=O)c1ccc(N)cc1OC. The van der Waals surface area contributed by atoms with Gasteiger partial charge in [0.15, 0.2) is 0 Å². The number of carbonyl (C=O) groups is 1. The van der Waals surface area contributed by atoms with Gasteiger partial charge in [0.1, 0.15) is 5.75 Å². The van der Waals surface area contributed by atoms with Crippen LogP contribution in [0.3, 0.4) is 0 Å². The molecular formula is C16H26N2O2. The molecule has 0 unspecified atom stereocenters. The minimum absolute atomic E-state index is 0.0104. The zero-order valence-corrected chi connectivity index (χ0v) is 13.0. The number of methoxy groups -OCH3 is 1. The first-order valence-corrected chi connectivity index (χ1v) is 7.30. The Labute approximate surface area is 121 Å². The number of amides is 1. The van der Waals surface area contributed by atoms with Crippen LogP contribution in [0.2, 0.25) is 0 Å². The molecule has 0 radical (unpaired) electrons. The number of nitrogens with zero attached hydrogens (tertiary/aromatic N) is 1. The van der Waals surface area contributed by atoms with Gasteiger partial charge in [0.2, 0.25) is 0 Å². The second kappa shape index (κ2) is 7.78. The Kier molecular flexibility index (Phi) is 6.36. The Hall–Kier alpha value is -1.71. The smallest absolute Gasteiger partial charge is 0.257 e. The van der Waals surface area contributed by atoms with Crippen molar-refractivity contribution >= 4 is 11.6 Å². The summed E-state index contributed by atoms with van der Waals surface area (Å²) in [6.45, 7) is 7.81. The van der Waals surface area contributed by atoms with Gasteiger partial charge in [0, 0.05) is 24.8 Å². The second-order valence-electron chi connectivity index (χ2n) is 4.99. The van der Waals surface area contributed by atoms with E-state index < -0.39 is 0 Å². The molecule has 1 rings (SSSR count). The minimum Gasteiger partial charge on any atom is -0.496 e. The zero-order valence-electron chi connectivity index (χ0n) is 13.0. The van der Waals surface area contributed by atoms with Crippen LogP contribution in [0.15, 0.2) is 18.2 Å². The quantitative estimate of drug-likeness (QED) is 0.779. The van der Waals surface area contributed by atoms with Crippen LogP contribution in [-0.4, -0.2) is 31.0 Å². The van der Waals surface area contributed by atoms with Crippen molar-refractivity contribution in [1.29, 1.82) is 0 Å². The molecule has 0 bridgehead atoms. The highest BCUT2D eigenvalue weighted by Crippen LogP contribution is 2.23. The van der Waals surface area contributed by atoms with Gasteiger partial charge in [-0.05, 0) is 25.0 Å². The molecule has 0 aromatic heterocycles. The van der Waals surface area contributed by atoms with Gasteiger partial charge < -0.3 is 15.4 Å². The van der Waals surface area contributed by atoms with Crippen molar-refractivity contribution in [3.05, 3.63) is 23.8 Å². The number of carbonyl (C=O) groups excluding carboxylic acids is 1. The van der Waals surface area contributed by atoms with Gasteiger partial charge in [-0.15, -0.1) is 0 Å². The maximum atomic E-state index is 12.6. The van der Waals surface area contributed by atoms with Gasteiger partial charge in [0.05, 0.1) is 12.7 Å². The van der Waals surface area contributed by atoms with Gasteiger partial charge in [-0.25, -0.2) is 0 Å². The van der Waals surface area contributed by atoms with Crippen molar-refractivity contribution < 1.29 is 9.53 Å². The van der Waals surface area contributed by atoms with E-state index in [-0.39, 0.29) is 5.91 Å². The lowest BCUT2D eigenvalue weighted by atomic mass is 10.0. The van der Waals surface area contributed by atoms with E-state index in [1.165, 1.54) is 0 Å². The number of nitrogen functional groups attached to an aromatic ring is 1. The molecule has 0 aliphatic carbocycles. The summed E-state index contributed by atoms with van der Waals surface area (Å²) in [4.78, 5) is 14.5. The molecule has 20 heavy (non-hydrogen) atoms. The van der Waals surface area contributed by atoms with Crippen molar-refractivity contribution in [2.45, 2.75) is 33.6 Å². The number of benzene rings is 1. The monoisotopic (exact) mass is 278 g/mol. The molecule has 0 atom stereocenters. The third-order valence-corrected chi connectivity index (χ3v) is 3.76. The predicted molar refractivity (Wildman–Crippen MR) is 83.1 cm³/mol. The van der Waals surface area contributed by atoms with Gasteiger partial charge in [0.25, 0.3) is 5.91 Å². The summed E-state index contributed by atoms with van der Waals surface area (Å²) >= 11 is 0. The van der Waals surface area contributed by atoms with E-state index in [0.29, 0.717) is 29.5 Å². The highest BCUT2D eigenvalue weighted by Gasteiger charge is 2.20. The number of ether oxygens (including phenoxy) is 1. The molecule has 0 fully saturated rings. The lowest BCUT2D eigenvalue weighted by Crippen LogP contribution is -2.35. The number of hydrogen-bond donors (Lipinski definition) is 1. The molecule has 1 aromatic carbocycles. The van der Waals surface area contributed by atoms with Crippen LogP contribution in [0.1, 0.15) is 44.0 Å². The third kappa shape index (κ3) is 3.89. The summed E-state index contributed by atoms with van der Waals surface area (Å²) in [5.74, 6) is 1.09. The molecule has 4 heteroatoms. The fourth-order valence-corrected chi connectivity index (χ4v) is 2.27. The molecule has 2 N–H and O–H groups in total. The molecule has 1 aromatic rings. The molecule has 1 amide bonds. The topological polar surface area (TPSA) is 55.6 Å². The standard InChI is InChI=1S/C16H26N2O2/c1-5-12(6-2)11-18(7-3)16(19)14-9-8-13(17)10-15(14)20-4/h8-10,12H,5-7,11,17H2,1-4H3. The third-order valence-electron chi connectivity index (χ3n) is 3.76. The second-order valence-corrected chi connectivity index (χ2v) is 4.99. The summed E-state index contributed by atoms with van der Waals surface area (Å²) in [6.07, 6.45) is 2.16. The van der Waals surface area contributed by atoms with Gasteiger partial charge in [-0.3, -0.25) is 4.79 Å². The van der Waals surface area contributed by atoms with E-state index in [9.17, 15) is 4.79 Å². The summed E-state index contributed by atoms with van der Waals surface area (Å²) < 4.78 is 5.27. The van der Waals surface area contributed by atoms with Gasteiger partial charge in [-0.2, -0.15) is 0 Å². The van der Waals surface area contributed by atoms with Crippen LogP contribution in [-0.2, 0) is 0 Å². The molecule has 4 nitrogen and oxygen atoms in total. The number of rotatable bonds is 7. The fraction of sp³-hybridized carbons (Fsp3) is 0.562. The van der Waals surface area contributed by atoms with E-state index in [1.54, 1.807) is 25.3 Å². The van der Waals surface area contributed by atoms with Crippen LogP contribution in [0.5, 0.6) is 5.75 Å². The Morgan fingerprint density at radius 3 is 2.45 bits per heavy atom. The largest absolute Gasteiger partial charge is 0.496 e. The zero-order chi connectivity index (χ0) is 15.1. The van der Waals surface area contributed by atoms with E-state index >= 15 is 0 Å². The van der Waals surface area contributed by atoms with Crippen LogP contribution in [0, 0.1) is 5.92 Å². The number of nitrogens with two attached hydrogens (primary N) is 1. The van der Waals surface area contributed by atoms with E-state index in [4.69, 9.17) is 10.5 Å². The lowest BCUT2D eigenvalue weighted by Gasteiger charge is -2.26. The van der Waals surface area contributed by atoms with E-state index in [2.05, 4.69) is 13.8 Å². The van der Waals surface area contributed by atoms with Gasteiger partial charge >= 0.3 is 0 Å². The molecule has 0 saturated carbocycles. The lowest BCUT2D eigenvalue weighted by molar-refractivity contribution is 0.0731. The molecule has 0 spiro atoms. The van der Waals surface area contributed by atoms with Crippen molar-refractivity contribution in [3.8, 4) is 5.75 Å². The summed E-state index contributed by atoms with van der Waals surface area (Å²) in [5, 5.41) is 0. The summed E-state index contributed by atoms with van der Waals surface area (Å²) in [5.41, 5.74) is 6.91. The van der Waals surface area contributed by atoms with Crippen molar-refractivity contribution in [2.75, 3.05) is 25.9 Å². The van der Waals surface area contributed by atoms with Crippen LogP contribution in [0.4, 0.5) is 5.69 Å². The predicted octanol–water partition coefficient (Wildman–Crippen LogP) is 3.18. The summed E-state index contributed by atoms with van der Waals surface area (Å²) in [6, 6.07) is 5.17. The maximum Gasteiger partial charge on any atom is 0.257 e. The van der Waals surface area contributed by atoms with E-state index in [1.807, 2.05) is 11.8 Å². The molecular weight excluding hydrogens is 252 g/mol. The molecule has 0 aliphatic rings. The van der Waals surface area contributed by atoms with Crippen LogP contribution < -0.4 is 10.5 Å². The Balaban J connectivity index is 2.96. The maximum absolute atomic E-state index is 12.6. The normalized spacial score (nSPS) is 10.7. The fourth-order valence-electron chi connectivity index (χ4n) is 2.27. The first-order chi connectivity index (χ1) is 9.57. The van der Waals surface area contributed by atoms with Crippen LogP contribution in [0.25, 0.3) is 0 Å². The average Bonchev–Trinajstić information content (AvgIpc) is 2.47. The number of anilines is 1. The molecule has 0 aliphatic heterocycles. The Morgan fingerprint density at radius 2 is 1.95 bits per heavy atom. The highest BCUT2D eigenvalue weighted by molar-refractivity contribution is 5.97. The van der Waals surface area contributed by atoms with Crippen molar-refractivity contribution in [3.63, 3.8) is 0 Å². The molecule has 112 valence electrons. The minimum atomic E-state index is 0.0104. The summed E-state index contributed by atoms with van der Waals surface area (Å²) in [7, 11) is 1.56. The van der Waals surface area contributed by atoms with Gasteiger partial charge in [-0.1, -0.05) is 26.7 Å². The number of hydrogen-bond acceptors (Lipinski definition) is 3. The van der Waals surface area contributed by atoms with E-state index in [0.717, 1.165) is 19.4 Å². The van der Waals surface area contributed by atoms with Crippen molar-refractivity contribution in [1.82, 2.24) is 4.90 Å². The first-order valence-electron chi connectivity index (χ1n) is 7.30. The average molecular weight is 278 g/mol. The first kappa shape index (κ1) is 16.3. The highest BCUT2D eigenvalue weighted by atomic mass is 16.5. The Bertz CT molecular complexity index is 442. The van der Waals surface area contributed by atoms with Crippen LogP contribution >= 0.6 is 0 Å². The Morgan fingerprint density at radius 1 is 1.30 bits per heavy atom. The molecule has 0 saturated heterocycles. The van der Waals surface area contributed by atoms with Crippen molar-refractivity contribution in [2.24, 2.45) is 5.92 Å². The molecule has 0 heterocycles.